The first-order valence-electron chi connectivity index (χ1n) is 4.95. The second kappa shape index (κ2) is 3.37. The molecule has 3 rings (SSSR count). The predicted octanol–water partition coefficient (Wildman–Crippen LogP) is 1.45. The maximum Gasteiger partial charge on any atom is 0.193 e. The highest BCUT2D eigenvalue weighted by Crippen LogP contribution is 2.37. The molecule has 3 heterocycles. The summed E-state index contributed by atoms with van der Waals surface area (Å²) in [6.45, 7) is 0. The van der Waals surface area contributed by atoms with Crippen LogP contribution in [0, 0.1) is 5.92 Å². The largest absolute Gasteiger partial charge is 0.269 e. The molecule has 3 aliphatic heterocycles. The topological polar surface area (TPSA) is 58.9 Å². The fraction of sp³-hybridized carbons (Fsp3) is 0.400. The van der Waals surface area contributed by atoms with E-state index in [0.29, 0.717) is 0 Å². The normalized spacial score (nSPS) is 38.7. The van der Waals surface area contributed by atoms with Crippen molar-refractivity contribution in [1.29, 1.82) is 0 Å². The van der Waals surface area contributed by atoms with Crippen molar-refractivity contribution in [1.82, 2.24) is 0 Å². The summed E-state index contributed by atoms with van der Waals surface area (Å²) in [5.74, 6) is 0.101. The van der Waals surface area contributed by atoms with Crippen molar-refractivity contribution < 1.29 is 8.42 Å². The van der Waals surface area contributed by atoms with Gasteiger partial charge in [-0.15, -0.1) is 0 Å². The van der Waals surface area contributed by atoms with E-state index in [1.165, 1.54) is 10.8 Å². The highest BCUT2D eigenvalue weighted by molar-refractivity contribution is 9.09. The van der Waals surface area contributed by atoms with E-state index in [1.807, 2.05) is 6.21 Å². The van der Waals surface area contributed by atoms with Gasteiger partial charge in [0.25, 0.3) is 0 Å². The molecule has 3 atom stereocenters. The number of rotatable bonds is 0. The number of alkyl halides is 1. The van der Waals surface area contributed by atoms with E-state index >= 15 is 0 Å². The van der Waals surface area contributed by atoms with Crippen LogP contribution in [0.5, 0.6) is 0 Å². The average molecular weight is 301 g/mol. The summed E-state index contributed by atoms with van der Waals surface area (Å²) in [7, 11) is -3.20. The number of allylic oxidation sites excluding steroid dienone is 1. The fourth-order valence-electron chi connectivity index (χ4n) is 2.19. The third kappa shape index (κ3) is 1.60. The molecule has 0 bridgehead atoms. The second-order valence-electron chi connectivity index (χ2n) is 4.05. The van der Waals surface area contributed by atoms with Crippen LogP contribution >= 0.6 is 15.9 Å². The zero-order chi connectivity index (χ0) is 11.3. The van der Waals surface area contributed by atoms with Crippen molar-refractivity contribution in [3.05, 3.63) is 22.5 Å². The molecule has 0 aromatic rings. The van der Waals surface area contributed by atoms with E-state index < -0.39 is 9.84 Å². The minimum Gasteiger partial charge on any atom is -0.269 e. The van der Waals surface area contributed by atoms with Crippen molar-refractivity contribution >= 4 is 37.7 Å². The lowest BCUT2D eigenvalue weighted by atomic mass is 9.91. The van der Waals surface area contributed by atoms with E-state index in [0.717, 1.165) is 17.7 Å². The van der Waals surface area contributed by atoms with Gasteiger partial charge in [0, 0.05) is 22.9 Å². The Morgan fingerprint density at radius 3 is 3.06 bits per heavy atom. The third-order valence-corrected chi connectivity index (χ3v) is 4.62. The number of nitrogens with zero attached hydrogens (tertiary/aromatic N) is 2. The van der Waals surface area contributed by atoms with Crippen LogP contribution in [0.4, 0.5) is 0 Å². The summed E-state index contributed by atoms with van der Waals surface area (Å²) in [5.41, 5.74) is 1.58. The maximum atomic E-state index is 11.5. The van der Waals surface area contributed by atoms with Crippen molar-refractivity contribution in [2.75, 3.05) is 0 Å². The molecule has 84 valence electrons. The standard InChI is InChI=1S/C10H9BrN2O2S/c11-6-3-7-8-5-16(14,15)2-1-9(8)13-10(7)12-4-6/h1-2,4-7,10H,3H2. The molecule has 0 radical (unpaired) electrons. The minimum absolute atomic E-state index is 0.101. The van der Waals surface area contributed by atoms with Gasteiger partial charge in [-0.25, -0.2) is 8.42 Å². The Morgan fingerprint density at radius 2 is 2.25 bits per heavy atom. The molecule has 0 amide bonds. The van der Waals surface area contributed by atoms with E-state index in [2.05, 4.69) is 25.9 Å². The number of fused-ring (bicyclic) bond motifs is 3. The maximum absolute atomic E-state index is 11.5. The smallest absolute Gasteiger partial charge is 0.193 e. The van der Waals surface area contributed by atoms with E-state index in [-0.39, 0.29) is 16.9 Å². The van der Waals surface area contributed by atoms with Gasteiger partial charge in [0.15, 0.2) is 9.84 Å². The SMILES string of the molecule is O=S1(=O)C=CC2=NC3N=CC(Br)CC3C2=C1. The first-order valence-corrected chi connectivity index (χ1v) is 7.48. The van der Waals surface area contributed by atoms with E-state index in [4.69, 9.17) is 0 Å². The Hall–Kier alpha value is -0.750. The summed E-state index contributed by atoms with van der Waals surface area (Å²) in [4.78, 5) is 8.93. The van der Waals surface area contributed by atoms with E-state index in [1.54, 1.807) is 6.08 Å². The number of halogens is 1. The zero-order valence-corrected chi connectivity index (χ0v) is 10.6. The molecular weight excluding hydrogens is 292 g/mol. The number of hydrogen-bond donors (Lipinski definition) is 0. The molecule has 0 fully saturated rings. The predicted molar refractivity (Wildman–Crippen MR) is 66.7 cm³/mol. The molecule has 6 heteroatoms. The van der Waals surface area contributed by atoms with Gasteiger partial charge in [0.05, 0.1) is 10.5 Å². The summed E-state index contributed by atoms with van der Waals surface area (Å²) in [5, 5.41) is 2.53. The Bertz CT molecular complexity index is 559. The van der Waals surface area contributed by atoms with Crippen molar-refractivity contribution in [3.63, 3.8) is 0 Å². The fourth-order valence-corrected chi connectivity index (χ4v) is 3.78. The van der Waals surface area contributed by atoms with Gasteiger partial charge in [-0.2, -0.15) is 0 Å². The van der Waals surface area contributed by atoms with Crippen LogP contribution in [0.2, 0.25) is 0 Å². The molecule has 0 saturated heterocycles. The molecule has 0 spiro atoms. The molecule has 3 aliphatic rings. The molecule has 0 aromatic carbocycles. The molecule has 4 nitrogen and oxygen atoms in total. The summed E-state index contributed by atoms with van der Waals surface area (Å²) < 4.78 is 23.0. The summed E-state index contributed by atoms with van der Waals surface area (Å²) in [6.07, 6.45) is 4.12. The van der Waals surface area contributed by atoms with Gasteiger partial charge in [-0.3, -0.25) is 9.98 Å². The molecule has 0 aromatic heterocycles. The third-order valence-electron chi connectivity index (χ3n) is 2.91. The Kier molecular flexibility index (Phi) is 2.19. The first-order chi connectivity index (χ1) is 7.55. The number of sulfone groups is 1. The lowest BCUT2D eigenvalue weighted by Crippen LogP contribution is -2.25. The van der Waals surface area contributed by atoms with Gasteiger partial charge in [0.2, 0.25) is 0 Å². The van der Waals surface area contributed by atoms with Gasteiger partial charge >= 0.3 is 0 Å². The Balaban J connectivity index is 2.07. The van der Waals surface area contributed by atoms with Crippen LogP contribution in [0.1, 0.15) is 6.42 Å². The summed E-state index contributed by atoms with van der Waals surface area (Å²) in [6, 6.07) is 0. The van der Waals surface area contributed by atoms with Crippen molar-refractivity contribution in [2.45, 2.75) is 17.4 Å². The highest BCUT2D eigenvalue weighted by Gasteiger charge is 2.38. The van der Waals surface area contributed by atoms with Crippen molar-refractivity contribution in [2.24, 2.45) is 15.9 Å². The van der Waals surface area contributed by atoms with Crippen LogP contribution in [0.25, 0.3) is 0 Å². The average Bonchev–Trinajstić information content (AvgIpc) is 2.55. The quantitative estimate of drug-likeness (QED) is 0.636. The van der Waals surface area contributed by atoms with Gasteiger partial charge in [0.1, 0.15) is 6.17 Å². The van der Waals surface area contributed by atoms with Crippen LogP contribution in [-0.2, 0) is 9.84 Å². The van der Waals surface area contributed by atoms with Crippen LogP contribution in [-0.4, -0.2) is 31.3 Å². The molecule has 0 saturated carbocycles. The van der Waals surface area contributed by atoms with Crippen LogP contribution in [0.3, 0.4) is 0 Å². The molecule has 0 N–H and O–H groups in total. The highest BCUT2D eigenvalue weighted by atomic mass is 79.9. The molecular formula is C10H9BrN2O2S. The zero-order valence-electron chi connectivity index (χ0n) is 8.25. The van der Waals surface area contributed by atoms with E-state index in [9.17, 15) is 8.42 Å². The lowest BCUT2D eigenvalue weighted by Gasteiger charge is -2.22. The monoisotopic (exact) mass is 300 g/mol. The Morgan fingerprint density at radius 1 is 1.44 bits per heavy atom. The molecule has 3 unspecified atom stereocenters. The Labute approximate surface area is 102 Å². The minimum atomic E-state index is -3.20. The van der Waals surface area contributed by atoms with Crippen LogP contribution in [0.15, 0.2) is 32.5 Å². The van der Waals surface area contributed by atoms with Gasteiger partial charge in [-0.05, 0) is 18.1 Å². The number of aliphatic imine (C=N–C) groups is 2. The number of hydrogen-bond acceptors (Lipinski definition) is 4. The van der Waals surface area contributed by atoms with Crippen LogP contribution < -0.4 is 0 Å². The van der Waals surface area contributed by atoms with Gasteiger partial charge < -0.3 is 0 Å². The second-order valence-corrected chi connectivity index (χ2v) is 6.91. The molecule has 16 heavy (non-hydrogen) atoms. The summed E-state index contributed by atoms with van der Waals surface area (Å²) >= 11 is 3.47. The first kappa shape index (κ1) is 10.4. The van der Waals surface area contributed by atoms with Gasteiger partial charge in [-0.1, -0.05) is 15.9 Å². The molecule has 0 aliphatic carbocycles. The van der Waals surface area contributed by atoms with Crippen molar-refractivity contribution in [3.8, 4) is 0 Å². The lowest BCUT2D eigenvalue weighted by molar-refractivity contribution is 0.494.